The number of halogens is 1. The molecular formula is C13H19ClN2O3S. The molecule has 2 atom stereocenters. The van der Waals surface area contributed by atoms with Gasteiger partial charge in [0.05, 0.1) is 15.6 Å². The Balaban J connectivity index is 2.27. The van der Waals surface area contributed by atoms with E-state index in [2.05, 4.69) is 4.72 Å². The molecule has 0 amide bonds. The van der Waals surface area contributed by atoms with E-state index in [1.807, 2.05) is 0 Å². The number of nitrogen functional groups attached to an aromatic ring is 1. The number of benzene rings is 1. The summed E-state index contributed by atoms with van der Waals surface area (Å²) in [6.07, 6.45) is 2.50. The summed E-state index contributed by atoms with van der Waals surface area (Å²) in [5.41, 5.74) is 6.59. The smallest absolute Gasteiger partial charge is 0.240 e. The maximum Gasteiger partial charge on any atom is 0.240 e. The number of anilines is 1. The number of aliphatic hydroxyl groups is 1. The highest BCUT2D eigenvalue weighted by atomic mass is 35.5. The monoisotopic (exact) mass is 318 g/mol. The van der Waals surface area contributed by atoms with E-state index in [4.69, 9.17) is 17.3 Å². The maximum atomic E-state index is 12.4. The van der Waals surface area contributed by atoms with Crippen molar-refractivity contribution in [3.8, 4) is 0 Å². The number of hydrogen-bond acceptors (Lipinski definition) is 4. The molecule has 0 spiro atoms. The van der Waals surface area contributed by atoms with Crippen LogP contribution in [-0.2, 0) is 10.0 Å². The van der Waals surface area contributed by atoms with Crippen LogP contribution in [0.1, 0.15) is 24.8 Å². The molecule has 1 aromatic carbocycles. The molecule has 2 rings (SSSR count). The van der Waals surface area contributed by atoms with E-state index in [0.717, 1.165) is 19.3 Å². The van der Waals surface area contributed by atoms with Crippen LogP contribution in [0.2, 0.25) is 5.02 Å². The van der Waals surface area contributed by atoms with Crippen LogP contribution in [0.25, 0.3) is 0 Å². The van der Waals surface area contributed by atoms with Crippen molar-refractivity contribution in [2.24, 2.45) is 5.92 Å². The molecule has 1 aliphatic rings. The molecule has 2 unspecified atom stereocenters. The molecule has 0 bridgehead atoms. The Kier molecular flexibility index (Phi) is 4.59. The van der Waals surface area contributed by atoms with Crippen molar-refractivity contribution >= 4 is 27.3 Å². The van der Waals surface area contributed by atoms with E-state index in [-0.39, 0.29) is 29.1 Å². The van der Waals surface area contributed by atoms with Gasteiger partial charge in [0, 0.05) is 12.6 Å². The summed E-state index contributed by atoms with van der Waals surface area (Å²) in [6, 6.07) is 2.65. The van der Waals surface area contributed by atoms with Crippen LogP contribution < -0.4 is 10.5 Å². The van der Waals surface area contributed by atoms with Gasteiger partial charge in [-0.25, -0.2) is 13.1 Å². The molecule has 0 aliphatic heterocycles. The number of nitrogens with one attached hydrogen (secondary N) is 1. The summed E-state index contributed by atoms with van der Waals surface area (Å²) >= 11 is 5.94. The third-order valence-corrected chi connectivity index (χ3v) is 5.75. The van der Waals surface area contributed by atoms with Gasteiger partial charge in [-0.05, 0) is 43.4 Å². The first-order valence-corrected chi connectivity index (χ1v) is 8.40. The second-order valence-corrected chi connectivity index (χ2v) is 7.34. The lowest BCUT2D eigenvalue weighted by molar-refractivity contribution is 0.213. The standard InChI is InChI=1S/C13H19ClN2O3S/c1-8-5-10(6-11(15)13(8)14)20(18,19)16-12-4-2-3-9(12)7-17/h5-6,9,12,16-17H,2-4,7,15H2,1H3. The highest BCUT2D eigenvalue weighted by molar-refractivity contribution is 7.89. The zero-order valence-corrected chi connectivity index (χ0v) is 12.8. The van der Waals surface area contributed by atoms with E-state index in [9.17, 15) is 13.5 Å². The molecule has 0 radical (unpaired) electrons. The number of aliphatic hydroxyl groups excluding tert-OH is 1. The Bertz CT molecular complexity index is 581. The van der Waals surface area contributed by atoms with Crippen molar-refractivity contribution in [3.63, 3.8) is 0 Å². The van der Waals surface area contributed by atoms with Crippen LogP contribution in [0.3, 0.4) is 0 Å². The predicted molar refractivity (Wildman–Crippen MR) is 79.1 cm³/mol. The van der Waals surface area contributed by atoms with Gasteiger partial charge in [0.1, 0.15) is 0 Å². The molecule has 20 heavy (non-hydrogen) atoms. The highest BCUT2D eigenvalue weighted by Gasteiger charge is 2.31. The summed E-state index contributed by atoms with van der Waals surface area (Å²) in [7, 11) is -3.65. The third-order valence-electron chi connectivity index (χ3n) is 3.77. The van der Waals surface area contributed by atoms with Gasteiger partial charge >= 0.3 is 0 Å². The normalized spacial score (nSPS) is 23.1. The molecule has 1 saturated carbocycles. The lowest BCUT2D eigenvalue weighted by atomic mass is 10.1. The predicted octanol–water partition coefficient (Wildman–Crippen LogP) is 1.67. The van der Waals surface area contributed by atoms with Crippen LogP contribution in [0, 0.1) is 12.8 Å². The Labute approximate surface area is 124 Å². The lowest BCUT2D eigenvalue weighted by Gasteiger charge is -2.19. The van der Waals surface area contributed by atoms with Crippen molar-refractivity contribution in [2.45, 2.75) is 37.1 Å². The molecule has 0 aromatic heterocycles. The van der Waals surface area contributed by atoms with E-state index in [1.165, 1.54) is 12.1 Å². The third kappa shape index (κ3) is 3.09. The van der Waals surface area contributed by atoms with E-state index >= 15 is 0 Å². The first-order chi connectivity index (χ1) is 9.35. The average Bonchev–Trinajstić information content (AvgIpc) is 2.81. The Morgan fingerprint density at radius 2 is 2.15 bits per heavy atom. The summed E-state index contributed by atoms with van der Waals surface area (Å²) in [5.74, 6) is -0.0180. The first kappa shape index (κ1) is 15.6. The van der Waals surface area contributed by atoms with E-state index < -0.39 is 10.0 Å². The van der Waals surface area contributed by atoms with Crippen molar-refractivity contribution in [1.82, 2.24) is 4.72 Å². The molecule has 1 aromatic rings. The van der Waals surface area contributed by atoms with Gasteiger partial charge in [-0.1, -0.05) is 18.0 Å². The van der Waals surface area contributed by atoms with Gasteiger partial charge in [0.2, 0.25) is 10.0 Å². The second-order valence-electron chi connectivity index (χ2n) is 5.24. The van der Waals surface area contributed by atoms with Gasteiger partial charge in [0.25, 0.3) is 0 Å². The molecule has 0 heterocycles. The molecule has 5 nitrogen and oxygen atoms in total. The Morgan fingerprint density at radius 1 is 1.45 bits per heavy atom. The van der Waals surface area contributed by atoms with Crippen molar-refractivity contribution in [3.05, 3.63) is 22.7 Å². The van der Waals surface area contributed by atoms with Crippen LogP contribution >= 0.6 is 11.6 Å². The Morgan fingerprint density at radius 3 is 2.75 bits per heavy atom. The zero-order chi connectivity index (χ0) is 14.9. The van der Waals surface area contributed by atoms with Gasteiger partial charge < -0.3 is 10.8 Å². The van der Waals surface area contributed by atoms with Crippen LogP contribution in [-0.4, -0.2) is 26.2 Å². The van der Waals surface area contributed by atoms with Crippen molar-refractivity contribution in [2.75, 3.05) is 12.3 Å². The number of rotatable bonds is 4. The number of aryl methyl sites for hydroxylation is 1. The number of sulfonamides is 1. The molecule has 1 aliphatic carbocycles. The Hall–Kier alpha value is -0.820. The maximum absolute atomic E-state index is 12.4. The van der Waals surface area contributed by atoms with Gasteiger partial charge in [-0.3, -0.25) is 0 Å². The topological polar surface area (TPSA) is 92.4 Å². The minimum atomic E-state index is -3.65. The largest absolute Gasteiger partial charge is 0.397 e. The fourth-order valence-electron chi connectivity index (χ4n) is 2.60. The summed E-state index contributed by atoms with van der Waals surface area (Å²) in [6.45, 7) is 1.71. The number of nitrogens with two attached hydrogens (primary N) is 1. The van der Waals surface area contributed by atoms with E-state index in [1.54, 1.807) is 6.92 Å². The summed E-state index contributed by atoms with van der Waals surface area (Å²) < 4.78 is 27.4. The molecule has 1 fully saturated rings. The SMILES string of the molecule is Cc1cc(S(=O)(=O)NC2CCCC2CO)cc(N)c1Cl. The fourth-order valence-corrected chi connectivity index (χ4v) is 4.16. The molecule has 112 valence electrons. The molecule has 0 saturated heterocycles. The molecular weight excluding hydrogens is 300 g/mol. The minimum Gasteiger partial charge on any atom is -0.397 e. The summed E-state index contributed by atoms with van der Waals surface area (Å²) in [5, 5.41) is 9.63. The van der Waals surface area contributed by atoms with Crippen LogP contribution in [0.4, 0.5) is 5.69 Å². The lowest BCUT2D eigenvalue weighted by Crippen LogP contribution is -2.38. The average molecular weight is 319 g/mol. The van der Waals surface area contributed by atoms with E-state index in [0.29, 0.717) is 10.6 Å². The van der Waals surface area contributed by atoms with Gasteiger partial charge in [-0.2, -0.15) is 0 Å². The highest BCUT2D eigenvalue weighted by Crippen LogP contribution is 2.29. The minimum absolute atomic E-state index is 0.00499. The second kappa shape index (κ2) is 5.89. The van der Waals surface area contributed by atoms with Crippen molar-refractivity contribution < 1.29 is 13.5 Å². The van der Waals surface area contributed by atoms with Gasteiger partial charge in [0.15, 0.2) is 0 Å². The van der Waals surface area contributed by atoms with Crippen LogP contribution in [0.5, 0.6) is 0 Å². The zero-order valence-electron chi connectivity index (χ0n) is 11.3. The fraction of sp³-hybridized carbons (Fsp3) is 0.538. The molecule has 4 N–H and O–H groups in total. The van der Waals surface area contributed by atoms with Crippen molar-refractivity contribution in [1.29, 1.82) is 0 Å². The summed E-state index contributed by atoms with van der Waals surface area (Å²) in [4.78, 5) is 0.112. The number of hydrogen-bond donors (Lipinski definition) is 3. The quantitative estimate of drug-likeness (QED) is 0.736. The van der Waals surface area contributed by atoms with Crippen LogP contribution in [0.15, 0.2) is 17.0 Å². The van der Waals surface area contributed by atoms with Gasteiger partial charge in [-0.15, -0.1) is 0 Å². The first-order valence-electron chi connectivity index (χ1n) is 6.54. The molecule has 7 heteroatoms.